The molecule has 3 aromatic rings. The van der Waals surface area contributed by atoms with Crippen LogP contribution in [0.15, 0.2) is 41.5 Å². The highest BCUT2D eigenvalue weighted by Crippen LogP contribution is 2.26. The fourth-order valence-electron chi connectivity index (χ4n) is 2.74. The number of nitrogens with zero attached hydrogens (tertiary/aromatic N) is 3. The number of benzene rings is 1. The van der Waals surface area contributed by atoms with Gasteiger partial charge < -0.3 is 10.4 Å². The maximum absolute atomic E-state index is 12.7. The summed E-state index contributed by atoms with van der Waals surface area (Å²) in [5, 5.41) is 17.8. The van der Waals surface area contributed by atoms with Crippen LogP contribution >= 0.6 is 0 Å². The van der Waals surface area contributed by atoms with Crippen molar-refractivity contribution in [2.24, 2.45) is 0 Å². The van der Waals surface area contributed by atoms with Crippen LogP contribution in [-0.2, 0) is 6.54 Å². The number of aromatic carboxylic acids is 1. The number of pyridine rings is 1. The van der Waals surface area contributed by atoms with E-state index in [-0.39, 0.29) is 17.8 Å². The SMILES string of the molecule is CCn1nc(C(=O)O)c(C(C)=O)c(Nc2cncc3ccccc23)c1=O. The third-order valence-electron chi connectivity index (χ3n) is 3.94. The Hall–Kier alpha value is -3.55. The van der Waals surface area contributed by atoms with Gasteiger partial charge in [0.2, 0.25) is 0 Å². The van der Waals surface area contributed by atoms with Crippen LogP contribution in [0.4, 0.5) is 11.4 Å². The van der Waals surface area contributed by atoms with E-state index in [1.54, 1.807) is 13.1 Å². The zero-order valence-electron chi connectivity index (χ0n) is 14.2. The third-order valence-corrected chi connectivity index (χ3v) is 3.94. The molecule has 2 aromatic heterocycles. The molecule has 0 saturated carbocycles. The molecule has 2 N–H and O–H groups in total. The van der Waals surface area contributed by atoms with Crippen molar-refractivity contribution in [3.8, 4) is 0 Å². The van der Waals surface area contributed by atoms with E-state index in [1.165, 1.54) is 13.1 Å². The van der Waals surface area contributed by atoms with Crippen molar-refractivity contribution in [1.29, 1.82) is 0 Å². The van der Waals surface area contributed by atoms with Crippen LogP contribution in [0.2, 0.25) is 0 Å². The van der Waals surface area contributed by atoms with Gasteiger partial charge in [0, 0.05) is 23.5 Å². The molecular weight excluding hydrogens is 336 g/mol. The van der Waals surface area contributed by atoms with Gasteiger partial charge >= 0.3 is 5.97 Å². The van der Waals surface area contributed by atoms with Crippen molar-refractivity contribution in [2.45, 2.75) is 20.4 Å². The summed E-state index contributed by atoms with van der Waals surface area (Å²) in [6, 6.07) is 7.39. The van der Waals surface area contributed by atoms with Crippen LogP contribution in [0.5, 0.6) is 0 Å². The second kappa shape index (κ2) is 6.75. The van der Waals surface area contributed by atoms with Gasteiger partial charge in [-0.2, -0.15) is 5.10 Å². The first-order valence-electron chi connectivity index (χ1n) is 7.93. The Balaban J connectivity index is 2.29. The standard InChI is InChI=1S/C18H16N4O4/c1-3-22-17(24)15(14(10(2)23)16(21-22)18(25)26)20-13-9-19-8-11-6-4-5-7-12(11)13/h4-9,20H,3H2,1-2H3,(H,25,26). The van der Waals surface area contributed by atoms with E-state index in [9.17, 15) is 19.5 Å². The van der Waals surface area contributed by atoms with Gasteiger partial charge in [-0.1, -0.05) is 24.3 Å². The number of fused-ring (bicyclic) bond motifs is 1. The molecule has 132 valence electrons. The molecule has 0 unspecified atom stereocenters. The summed E-state index contributed by atoms with van der Waals surface area (Å²) in [6.07, 6.45) is 3.19. The van der Waals surface area contributed by atoms with Crippen LogP contribution in [0.1, 0.15) is 34.7 Å². The van der Waals surface area contributed by atoms with Gasteiger partial charge in [0.05, 0.1) is 17.4 Å². The van der Waals surface area contributed by atoms with Crippen molar-refractivity contribution < 1.29 is 14.7 Å². The lowest BCUT2D eigenvalue weighted by molar-refractivity contribution is 0.0682. The molecule has 8 heteroatoms. The number of rotatable bonds is 5. The minimum Gasteiger partial charge on any atom is -0.476 e. The number of ketones is 1. The number of carbonyl (C=O) groups excluding carboxylic acids is 1. The zero-order chi connectivity index (χ0) is 18.8. The van der Waals surface area contributed by atoms with Gasteiger partial charge in [0.15, 0.2) is 11.5 Å². The lowest BCUT2D eigenvalue weighted by atomic mass is 10.1. The number of anilines is 2. The molecule has 3 rings (SSSR count). The van der Waals surface area contributed by atoms with Crippen molar-refractivity contribution >= 4 is 33.9 Å². The number of carboxylic acids is 1. The fraction of sp³-hybridized carbons (Fsp3) is 0.167. The molecule has 26 heavy (non-hydrogen) atoms. The Kier molecular flexibility index (Phi) is 4.49. The summed E-state index contributed by atoms with van der Waals surface area (Å²) in [7, 11) is 0. The van der Waals surface area contributed by atoms with Crippen LogP contribution in [0.3, 0.4) is 0 Å². The predicted molar refractivity (Wildman–Crippen MR) is 96.2 cm³/mol. The molecule has 0 spiro atoms. The minimum absolute atomic E-state index is 0.120. The number of Topliss-reactive ketones (excluding diaryl/α,β-unsaturated/α-hetero) is 1. The minimum atomic E-state index is -1.38. The van der Waals surface area contributed by atoms with E-state index < -0.39 is 23.0 Å². The molecule has 0 aliphatic rings. The Morgan fingerprint density at radius 3 is 2.62 bits per heavy atom. The van der Waals surface area contributed by atoms with Gasteiger partial charge in [-0.15, -0.1) is 0 Å². The topological polar surface area (TPSA) is 114 Å². The number of nitrogens with one attached hydrogen (secondary N) is 1. The summed E-state index contributed by atoms with van der Waals surface area (Å²) >= 11 is 0. The number of hydrogen-bond donors (Lipinski definition) is 2. The maximum Gasteiger partial charge on any atom is 0.357 e. The van der Waals surface area contributed by atoms with E-state index in [4.69, 9.17) is 0 Å². The highest BCUT2D eigenvalue weighted by atomic mass is 16.4. The monoisotopic (exact) mass is 352 g/mol. The first-order valence-corrected chi connectivity index (χ1v) is 7.93. The lowest BCUT2D eigenvalue weighted by Gasteiger charge is -2.15. The fourth-order valence-corrected chi connectivity index (χ4v) is 2.74. The van der Waals surface area contributed by atoms with Crippen LogP contribution in [0, 0.1) is 0 Å². The van der Waals surface area contributed by atoms with Crippen molar-refractivity contribution in [1.82, 2.24) is 14.8 Å². The zero-order valence-corrected chi connectivity index (χ0v) is 14.2. The Morgan fingerprint density at radius 1 is 1.23 bits per heavy atom. The van der Waals surface area contributed by atoms with Crippen LogP contribution in [0.25, 0.3) is 10.8 Å². The average Bonchev–Trinajstić information content (AvgIpc) is 2.62. The molecule has 2 heterocycles. The molecule has 1 aromatic carbocycles. The molecule has 0 amide bonds. The summed E-state index contributed by atoms with van der Waals surface area (Å²) in [6.45, 7) is 3.03. The molecule has 0 atom stereocenters. The van der Waals surface area contributed by atoms with Gasteiger partial charge in [-0.3, -0.25) is 14.6 Å². The van der Waals surface area contributed by atoms with Crippen molar-refractivity contribution in [2.75, 3.05) is 5.32 Å². The van der Waals surface area contributed by atoms with Gasteiger partial charge in [-0.25, -0.2) is 9.48 Å². The van der Waals surface area contributed by atoms with Crippen molar-refractivity contribution in [3.05, 3.63) is 58.3 Å². The van der Waals surface area contributed by atoms with E-state index in [0.29, 0.717) is 5.69 Å². The highest BCUT2D eigenvalue weighted by molar-refractivity contribution is 6.08. The molecule has 0 radical (unpaired) electrons. The lowest BCUT2D eigenvalue weighted by Crippen LogP contribution is -2.30. The third kappa shape index (κ3) is 2.92. The van der Waals surface area contributed by atoms with Gasteiger partial charge in [0.25, 0.3) is 5.56 Å². The summed E-state index contributed by atoms with van der Waals surface area (Å²) in [5.41, 5.74) is -0.914. The smallest absolute Gasteiger partial charge is 0.357 e. The molecule has 0 aliphatic heterocycles. The summed E-state index contributed by atoms with van der Waals surface area (Å²) in [5.74, 6) is -1.94. The van der Waals surface area contributed by atoms with E-state index in [2.05, 4.69) is 15.4 Å². The Bertz CT molecular complexity index is 1080. The van der Waals surface area contributed by atoms with E-state index in [1.807, 2.05) is 24.3 Å². The number of carboxylic acid groups (broad SMARTS) is 1. The number of aromatic nitrogens is 3. The second-order valence-electron chi connectivity index (χ2n) is 5.61. The maximum atomic E-state index is 12.7. The van der Waals surface area contributed by atoms with Crippen LogP contribution in [-0.4, -0.2) is 31.6 Å². The molecule has 0 bridgehead atoms. The quantitative estimate of drug-likeness (QED) is 0.678. The molecular formula is C18H16N4O4. The average molecular weight is 352 g/mol. The largest absolute Gasteiger partial charge is 0.476 e. The number of aryl methyl sites for hydroxylation is 1. The highest BCUT2D eigenvalue weighted by Gasteiger charge is 2.25. The van der Waals surface area contributed by atoms with Gasteiger partial charge in [0.1, 0.15) is 5.69 Å². The first-order chi connectivity index (χ1) is 12.4. The van der Waals surface area contributed by atoms with Crippen molar-refractivity contribution in [3.63, 3.8) is 0 Å². The Morgan fingerprint density at radius 2 is 1.96 bits per heavy atom. The van der Waals surface area contributed by atoms with Crippen LogP contribution < -0.4 is 10.9 Å². The van der Waals surface area contributed by atoms with E-state index >= 15 is 0 Å². The number of hydrogen-bond acceptors (Lipinski definition) is 6. The second-order valence-corrected chi connectivity index (χ2v) is 5.61. The molecule has 0 saturated heterocycles. The molecule has 0 aliphatic carbocycles. The molecule has 8 nitrogen and oxygen atoms in total. The normalized spacial score (nSPS) is 10.7. The summed E-state index contributed by atoms with van der Waals surface area (Å²) < 4.78 is 1.01. The van der Waals surface area contributed by atoms with Gasteiger partial charge in [-0.05, 0) is 13.8 Å². The first kappa shape index (κ1) is 17.3. The Labute approximate surface area is 148 Å². The molecule has 0 fully saturated rings. The summed E-state index contributed by atoms with van der Waals surface area (Å²) in [4.78, 5) is 40.5. The van der Waals surface area contributed by atoms with E-state index in [0.717, 1.165) is 15.5 Å². The predicted octanol–water partition coefficient (Wildman–Crippen LogP) is 2.46. The number of carbonyl (C=O) groups is 2.